The van der Waals surface area contributed by atoms with E-state index >= 15 is 0 Å². The van der Waals surface area contributed by atoms with Crippen molar-refractivity contribution in [1.82, 2.24) is 15.1 Å². The van der Waals surface area contributed by atoms with E-state index in [4.69, 9.17) is 0 Å². The van der Waals surface area contributed by atoms with E-state index in [0.29, 0.717) is 6.04 Å². The van der Waals surface area contributed by atoms with Crippen LogP contribution in [0.1, 0.15) is 50.1 Å². The molecule has 1 fully saturated rings. The van der Waals surface area contributed by atoms with Gasteiger partial charge in [-0.15, -0.1) is 11.3 Å². The van der Waals surface area contributed by atoms with Crippen molar-refractivity contribution in [1.29, 1.82) is 0 Å². The SMILES string of the molecule is CCCN(CCC)C(=O)C(c1sccc1C)N1CCNC(C)C1. The topological polar surface area (TPSA) is 35.6 Å². The zero-order chi connectivity index (χ0) is 16.8. The van der Waals surface area contributed by atoms with Crippen molar-refractivity contribution in [3.05, 3.63) is 21.9 Å². The molecule has 5 heteroatoms. The summed E-state index contributed by atoms with van der Waals surface area (Å²) in [6.45, 7) is 13.2. The molecule has 1 aliphatic heterocycles. The normalized spacial score (nSPS) is 20.4. The minimum Gasteiger partial charge on any atom is -0.341 e. The third kappa shape index (κ3) is 4.55. The lowest BCUT2D eigenvalue weighted by molar-refractivity contribution is -0.137. The molecule has 1 aromatic heterocycles. The molecule has 4 nitrogen and oxygen atoms in total. The van der Waals surface area contributed by atoms with Crippen molar-refractivity contribution in [2.45, 2.75) is 52.6 Å². The lowest BCUT2D eigenvalue weighted by atomic mass is 10.1. The van der Waals surface area contributed by atoms with Crippen LogP contribution in [0, 0.1) is 6.92 Å². The summed E-state index contributed by atoms with van der Waals surface area (Å²) in [7, 11) is 0. The molecule has 0 saturated carbocycles. The summed E-state index contributed by atoms with van der Waals surface area (Å²) in [4.78, 5) is 19.0. The van der Waals surface area contributed by atoms with Crippen molar-refractivity contribution >= 4 is 17.2 Å². The Bertz CT molecular complexity index is 496. The van der Waals surface area contributed by atoms with Gasteiger partial charge >= 0.3 is 0 Å². The standard InChI is InChI=1S/C18H31N3OS/c1-5-9-20(10-6-2)18(22)16(17-14(3)7-12-23-17)21-11-8-19-15(4)13-21/h7,12,15-16,19H,5-6,8-11,13H2,1-4H3. The molecule has 2 atom stereocenters. The highest BCUT2D eigenvalue weighted by molar-refractivity contribution is 7.10. The number of nitrogens with one attached hydrogen (secondary N) is 1. The largest absolute Gasteiger partial charge is 0.341 e. The van der Waals surface area contributed by atoms with Crippen molar-refractivity contribution in [3.8, 4) is 0 Å². The van der Waals surface area contributed by atoms with Crippen LogP contribution in [0.25, 0.3) is 0 Å². The number of hydrogen-bond acceptors (Lipinski definition) is 4. The van der Waals surface area contributed by atoms with Crippen molar-refractivity contribution in [2.24, 2.45) is 0 Å². The van der Waals surface area contributed by atoms with Gasteiger partial charge in [0.25, 0.3) is 0 Å². The van der Waals surface area contributed by atoms with Gasteiger partial charge in [-0.25, -0.2) is 0 Å². The number of carbonyl (C=O) groups is 1. The molecule has 0 radical (unpaired) electrons. The zero-order valence-corrected chi connectivity index (χ0v) is 15.8. The van der Waals surface area contributed by atoms with E-state index in [-0.39, 0.29) is 11.9 Å². The molecule has 0 spiro atoms. The number of thiophene rings is 1. The van der Waals surface area contributed by atoms with E-state index in [1.165, 1.54) is 10.4 Å². The molecule has 1 saturated heterocycles. The van der Waals surface area contributed by atoms with Crippen LogP contribution in [-0.2, 0) is 4.79 Å². The second kappa shape index (κ2) is 8.81. The van der Waals surface area contributed by atoms with Crippen LogP contribution in [0.15, 0.2) is 11.4 Å². The van der Waals surface area contributed by atoms with Gasteiger partial charge in [0.15, 0.2) is 0 Å². The second-order valence-corrected chi connectivity index (χ2v) is 7.49. The molecule has 0 bridgehead atoms. The average molecular weight is 338 g/mol. The Balaban J connectivity index is 2.28. The Morgan fingerprint density at radius 2 is 2.13 bits per heavy atom. The summed E-state index contributed by atoms with van der Waals surface area (Å²) in [6.07, 6.45) is 2.03. The highest BCUT2D eigenvalue weighted by Gasteiger charge is 2.34. The predicted octanol–water partition coefficient (Wildman–Crippen LogP) is 3.04. The Morgan fingerprint density at radius 1 is 1.43 bits per heavy atom. The fourth-order valence-corrected chi connectivity index (χ4v) is 4.39. The number of hydrogen-bond donors (Lipinski definition) is 1. The van der Waals surface area contributed by atoms with Crippen LogP contribution < -0.4 is 5.32 Å². The Morgan fingerprint density at radius 3 is 2.65 bits per heavy atom. The van der Waals surface area contributed by atoms with E-state index in [1.54, 1.807) is 11.3 Å². The highest BCUT2D eigenvalue weighted by Crippen LogP contribution is 2.31. The second-order valence-electron chi connectivity index (χ2n) is 6.55. The highest BCUT2D eigenvalue weighted by atomic mass is 32.1. The quantitative estimate of drug-likeness (QED) is 0.831. The number of piperazine rings is 1. The lowest BCUT2D eigenvalue weighted by Gasteiger charge is -2.39. The smallest absolute Gasteiger partial charge is 0.245 e. The lowest BCUT2D eigenvalue weighted by Crippen LogP contribution is -2.53. The molecular formula is C18H31N3OS. The van der Waals surface area contributed by atoms with Gasteiger partial charge in [-0.05, 0) is 43.7 Å². The van der Waals surface area contributed by atoms with E-state index in [0.717, 1.165) is 45.6 Å². The molecule has 23 heavy (non-hydrogen) atoms. The van der Waals surface area contributed by atoms with Gasteiger partial charge < -0.3 is 10.2 Å². The van der Waals surface area contributed by atoms with Crippen molar-refractivity contribution in [3.63, 3.8) is 0 Å². The van der Waals surface area contributed by atoms with Gasteiger partial charge in [-0.3, -0.25) is 9.69 Å². The minimum absolute atomic E-state index is 0.113. The molecule has 2 unspecified atom stereocenters. The van der Waals surface area contributed by atoms with E-state index in [1.807, 2.05) is 0 Å². The molecule has 0 aliphatic carbocycles. The molecule has 130 valence electrons. The predicted molar refractivity (Wildman–Crippen MR) is 98.0 cm³/mol. The van der Waals surface area contributed by atoms with Crippen LogP contribution in [0.5, 0.6) is 0 Å². The van der Waals surface area contributed by atoms with Crippen LogP contribution in [0.4, 0.5) is 0 Å². The van der Waals surface area contributed by atoms with Crippen LogP contribution in [0.2, 0.25) is 0 Å². The van der Waals surface area contributed by atoms with E-state index in [9.17, 15) is 4.79 Å². The number of rotatable bonds is 7. The Labute approximate surface area is 144 Å². The fourth-order valence-electron chi connectivity index (χ4n) is 3.34. The number of carbonyl (C=O) groups excluding carboxylic acids is 1. The van der Waals surface area contributed by atoms with Crippen LogP contribution in [-0.4, -0.2) is 54.5 Å². The molecule has 1 N–H and O–H groups in total. The third-order valence-electron chi connectivity index (χ3n) is 4.45. The van der Waals surface area contributed by atoms with E-state index in [2.05, 4.69) is 54.3 Å². The summed E-state index contributed by atoms with van der Waals surface area (Å²) in [5.74, 6) is 0.286. The Kier molecular flexibility index (Phi) is 7.06. The summed E-state index contributed by atoms with van der Waals surface area (Å²) in [6, 6.07) is 2.46. The molecule has 2 rings (SSSR count). The third-order valence-corrected chi connectivity index (χ3v) is 5.52. The molecule has 1 amide bonds. The average Bonchev–Trinajstić information content (AvgIpc) is 2.93. The molecule has 0 aromatic carbocycles. The van der Waals surface area contributed by atoms with Gasteiger partial charge in [0, 0.05) is 43.6 Å². The van der Waals surface area contributed by atoms with Gasteiger partial charge in [0.05, 0.1) is 0 Å². The van der Waals surface area contributed by atoms with Gasteiger partial charge in [-0.1, -0.05) is 13.8 Å². The van der Waals surface area contributed by atoms with Crippen LogP contribution >= 0.6 is 11.3 Å². The minimum atomic E-state index is -0.113. The molecular weight excluding hydrogens is 306 g/mol. The molecule has 1 aliphatic rings. The summed E-state index contributed by atoms with van der Waals surface area (Å²) in [5.41, 5.74) is 1.24. The first-order valence-corrected chi connectivity index (χ1v) is 9.76. The van der Waals surface area contributed by atoms with Crippen molar-refractivity contribution < 1.29 is 4.79 Å². The van der Waals surface area contributed by atoms with Gasteiger partial charge in [0.2, 0.25) is 5.91 Å². The van der Waals surface area contributed by atoms with Crippen molar-refractivity contribution in [2.75, 3.05) is 32.7 Å². The summed E-state index contributed by atoms with van der Waals surface area (Å²) < 4.78 is 0. The maximum absolute atomic E-state index is 13.4. The molecule has 1 aromatic rings. The molecule has 2 heterocycles. The zero-order valence-electron chi connectivity index (χ0n) is 15.0. The first-order chi connectivity index (χ1) is 11.1. The summed E-state index contributed by atoms with van der Waals surface area (Å²) >= 11 is 1.72. The summed E-state index contributed by atoms with van der Waals surface area (Å²) in [5, 5.41) is 5.59. The monoisotopic (exact) mass is 337 g/mol. The fraction of sp³-hybridized carbons (Fsp3) is 0.722. The number of amides is 1. The van der Waals surface area contributed by atoms with E-state index < -0.39 is 0 Å². The number of nitrogens with zero attached hydrogens (tertiary/aromatic N) is 2. The first kappa shape index (κ1) is 18.4. The van der Waals surface area contributed by atoms with Gasteiger partial charge in [-0.2, -0.15) is 0 Å². The Hall–Kier alpha value is -0.910. The number of aryl methyl sites for hydroxylation is 1. The maximum atomic E-state index is 13.4. The maximum Gasteiger partial charge on any atom is 0.245 e. The van der Waals surface area contributed by atoms with Gasteiger partial charge in [0.1, 0.15) is 6.04 Å². The first-order valence-electron chi connectivity index (χ1n) is 8.88. The van der Waals surface area contributed by atoms with Crippen LogP contribution in [0.3, 0.4) is 0 Å².